The molecule has 2 aliphatic heterocycles. The van der Waals surface area contributed by atoms with Crippen LogP contribution in [0.4, 0.5) is 0 Å². The Balaban J connectivity index is 1.42. The summed E-state index contributed by atoms with van der Waals surface area (Å²) in [6, 6.07) is 17.2. The standard InChI is InChI=1S/C21H21NO3/c23-18-15-21(25-19-9-5-4-8-17(18)19)10-12-22(13-11-21)20(24)14-16-6-2-1-3-7-16/h1-9H,10-15H2. The first-order valence-corrected chi connectivity index (χ1v) is 8.78. The van der Waals surface area contributed by atoms with Crippen molar-refractivity contribution in [1.29, 1.82) is 0 Å². The Morgan fingerprint density at radius 3 is 2.44 bits per heavy atom. The molecule has 0 aromatic heterocycles. The van der Waals surface area contributed by atoms with Crippen molar-refractivity contribution in [2.45, 2.75) is 31.3 Å². The maximum atomic E-state index is 12.5. The van der Waals surface area contributed by atoms with Gasteiger partial charge in [-0.15, -0.1) is 0 Å². The summed E-state index contributed by atoms with van der Waals surface area (Å²) in [6.45, 7) is 1.28. The fourth-order valence-corrected chi connectivity index (χ4v) is 3.77. The van der Waals surface area contributed by atoms with Crippen LogP contribution in [0.15, 0.2) is 54.6 Å². The van der Waals surface area contributed by atoms with Crippen molar-refractivity contribution < 1.29 is 14.3 Å². The van der Waals surface area contributed by atoms with Gasteiger partial charge in [0, 0.05) is 25.9 Å². The highest BCUT2D eigenvalue weighted by molar-refractivity contribution is 6.00. The first-order valence-electron chi connectivity index (χ1n) is 8.78. The Morgan fingerprint density at radius 1 is 1.00 bits per heavy atom. The van der Waals surface area contributed by atoms with Gasteiger partial charge in [0.05, 0.1) is 18.4 Å². The van der Waals surface area contributed by atoms with Gasteiger partial charge < -0.3 is 9.64 Å². The molecule has 0 atom stereocenters. The van der Waals surface area contributed by atoms with E-state index in [1.54, 1.807) is 0 Å². The zero-order valence-electron chi connectivity index (χ0n) is 14.1. The first-order chi connectivity index (χ1) is 12.2. The minimum atomic E-state index is -0.449. The maximum absolute atomic E-state index is 12.5. The molecule has 4 rings (SSSR count). The van der Waals surface area contributed by atoms with Gasteiger partial charge in [0.25, 0.3) is 0 Å². The van der Waals surface area contributed by atoms with Gasteiger partial charge in [0.15, 0.2) is 5.78 Å². The predicted molar refractivity (Wildman–Crippen MR) is 94.7 cm³/mol. The Labute approximate surface area is 147 Å². The zero-order chi connectivity index (χ0) is 17.3. The van der Waals surface area contributed by atoms with Crippen LogP contribution in [0, 0.1) is 0 Å². The molecule has 1 fully saturated rings. The first kappa shape index (κ1) is 15.9. The molecule has 25 heavy (non-hydrogen) atoms. The van der Waals surface area contributed by atoms with Crippen LogP contribution in [0.25, 0.3) is 0 Å². The number of ether oxygens (including phenoxy) is 1. The van der Waals surface area contributed by atoms with E-state index in [4.69, 9.17) is 4.74 Å². The molecule has 4 heteroatoms. The third-order valence-corrected chi connectivity index (χ3v) is 5.22. The number of benzene rings is 2. The number of amides is 1. The molecule has 2 heterocycles. The molecule has 1 amide bonds. The Morgan fingerprint density at radius 2 is 1.68 bits per heavy atom. The lowest BCUT2D eigenvalue weighted by Gasteiger charge is -2.44. The second-order valence-corrected chi connectivity index (χ2v) is 6.92. The minimum absolute atomic E-state index is 0.142. The van der Waals surface area contributed by atoms with Crippen molar-refractivity contribution in [2.75, 3.05) is 13.1 Å². The number of hydrogen-bond acceptors (Lipinski definition) is 3. The van der Waals surface area contributed by atoms with E-state index in [2.05, 4.69) is 0 Å². The fraction of sp³-hybridized carbons (Fsp3) is 0.333. The van der Waals surface area contributed by atoms with Crippen molar-refractivity contribution in [3.8, 4) is 5.75 Å². The number of piperidine rings is 1. The quantitative estimate of drug-likeness (QED) is 0.846. The van der Waals surface area contributed by atoms with Crippen LogP contribution in [0.2, 0.25) is 0 Å². The maximum Gasteiger partial charge on any atom is 0.226 e. The van der Waals surface area contributed by atoms with Crippen molar-refractivity contribution in [3.05, 3.63) is 65.7 Å². The summed E-state index contributed by atoms with van der Waals surface area (Å²) < 4.78 is 6.22. The van der Waals surface area contributed by atoms with Crippen molar-refractivity contribution in [3.63, 3.8) is 0 Å². The predicted octanol–water partition coefficient (Wildman–Crippen LogP) is 3.26. The molecule has 2 aromatic rings. The molecule has 0 unspecified atom stereocenters. The Hall–Kier alpha value is -2.62. The largest absolute Gasteiger partial charge is 0.486 e. The highest BCUT2D eigenvalue weighted by Gasteiger charge is 2.43. The molecule has 2 aromatic carbocycles. The molecule has 0 saturated carbocycles. The molecule has 0 N–H and O–H groups in total. The van der Waals surface area contributed by atoms with Crippen molar-refractivity contribution >= 4 is 11.7 Å². The number of para-hydroxylation sites is 1. The van der Waals surface area contributed by atoms with Gasteiger partial charge >= 0.3 is 0 Å². The van der Waals surface area contributed by atoms with Gasteiger partial charge in [-0.1, -0.05) is 42.5 Å². The topological polar surface area (TPSA) is 46.6 Å². The van der Waals surface area contributed by atoms with Crippen LogP contribution >= 0.6 is 0 Å². The minimum Gasteiger partial charge on any atom is -0.486 e. The van der Waals surface area contributed by atoms with Gasteiger partial charge in [-0.25, -0.2) is 0 Å². The van der Waals surface area contributed by atoms with E-state index in [9.17, 15) is 9.59 Å². The zero-order valence-corrected chi connectivity index (χ0v) is 14.1. The Bertz CT molecular complexity index is 792. The molecule has 0 bridgehead atoms. The summed E-state index contributed by atoms with van der Waals surface area (Å²) in [5.74, 6) is 0.970. The lowest BCUT2D eigenvalue weighted by molar-refractivity contribution is -0.134. The number of carbonyl (C=O) groups is 2. The van der Waals surface area contributed by atoms with Gasteiger partial charge in [0.1, 0.15) is 11.4 Å². The lowest BCUT2D eigenvalue weighted by Crippen LogP contribution is -2.52. The number of likely N-dealkylation sites (tertiary alicyclic amines) is 1. The Kier molecular flexibility index (Phi) is 4.04. The summed E-state index contributed by atoms with van der Waals surface area (Å²) in [4.78, 5) is 26.9. The van der Waals surface area contributed by atoms with E-state index in [-0.39, 0.29) is 11.7 Å². The molecule has 0 radical (unpaired) electrons. The number of hydrogen-bond donors (Lipinski definition) is 0. The molecule has 2 aliphatic rings. The number of carbonyl (C=O) groups excluding carboxylic acids is 2. The normalized spacial score (nSPS) is 18.6. The molecule has 1 saturated heterocycles. The van der Waals surface area contributed by atoms with Crippen LogP contribution in [-0.4, -0.2) is 35.3 Å². The molecule has 1 spiro atoms. The number of rotatable bonds is 2. The molecular weight excluding hydrogens is 314 g/mol. The average Bonchev–Trinajstić information content (AvgIpc) is 2.63. The summed E-state index contributed by atoms with van der Waals surface area (Å²) in [6.07, 6.45) is 2.24. The van der Waals surface area contributed by atoms with E-state index in [0.29, 0.717) is 50.1 Å². The van der Waals surface area contributed by atoms with E-state index in [1.807, 2.05) is 59.5 Å². The van der Waals surface area contributed by atoms with Crippen molar-refractivity contribution in [2.24, 2.45) is 0 Å². The average molecular weight is 335 g/mol. The molecule has 128 valence electrons. The van der Waals surface area contributed by atoms with Crippen LogP contribution < -0.4 is 4.74 Å². The summed E-state index contributed by atoms with van der Waals surface area (Å²) in [5.41, 5.74) is 1.26. The number of fused-ring (bicyclic) bond motifs is 1. The number of Topliss-reactive ketones (excluding diaryl/α,β-unsaturated/α-hetero) is 1. The third-order valence-electron chi connectivity index (χ3n) is 5.22. The van der Waals surface area contributed by atoms with Crippen LogP contribution in [-0.2, 0) is 11.2 Å². The van der Waals surface area contributed by atoms with Gasteiger partial charge in [-0.2, -0.15) is 0 Å². The molecule has 0 aliphatic carbocycles. The highest BCUT2D eigenvalue weighted by Crippen LogP contribution is 2.39. The summed E-state index contributed by atoms with van der Waals surface area (Å²) in [7, 11) is 0. The third kappa shape index (κ3) is 3.16. The van der Waals surface area contributed by atoms with Gasteiger partial charge in [-0.05, 0) is 17.7 Å². The summed E-state index contributed by atoms with van der Waals surface area (Å²) >= 11 is 0. The molecule has 4 nitrogen and oxygen atoms in total. The second-order valence-electron chi connectivity index (χ2n) is 6.92. The number of ketones is 1. The molecular formula is C21H21NO3. The second kappa shape index (κ2) is 6.36. The fourth-order valence-electron chi connectivity index (χ4n) is 3.77. The smallest absolute Gasteiger partial charge is 0.226 e. The highest BCUT2D eigenvalue weighted by atomic mass is 16.5. The van der Waals surface area contributed by atoms with Gasteiger partial charge in [-0.3, -0.25) is 9.59 Å². The van der Waals surface area contributed by atoms with Crippen LogP contribution in [0.1, 0.15) is 35.2 Å². The monoisotopic (exact) mass is 335 g/mol. The van der Waals surface area contributed by atoms with E-state index in [0.717, 1.165) is 5.56 Å². The number of nitrogens with zero attached hydrogens (tertiary/aromatic N) is 1. The van der Waals surface area contributed by atoms with Crippen molar-refractivity contribution in [1.82, 2.24) is 4.90 Å². The summed E-state index contributed by atoms with van der Waals surface area (Å²) in [5, 5.41) is 0. The van der Waals surface area contributed by atoms with Crippen LogP contribution in [0.5, 0.6) is 5.75 Å². The SMILES string of the molecule is O=C1CC2(CCN(C(=O)Cc3ccccc3)CC2)Oc2ccccc21. The van der Waals surface area contributed by atoms with E-state index < -0.39 is 5.60 Å². The van der Waals surface area contributed by atoms with Gasteiger partial charge in [0.2, 0.25) is 5.91 Å². The lowest BCUT2D eigenvalue weighted by atomic mass is 9.82. The van der Waals surface area contributed by atoms with E-state index >= 15 is 0 Å². The van der Waals surface area contributed by atoms with Crippen LogP contribution in [0.3, 0.4) is 0 Å². The van der Waals surface area contributed by atoms with E-state index in [1.165, 1.54) is 0 Å².